The molecule has 0 unspecified atom stereocenters. The smallest absolute Gasteiger partial charge is 0.314 e. The zero-order valence-corrected chi connectivity index (χ0v) is 20.3. The minimum absolute atomic E-state index is 0.00748. The molecule has 0 saturated carbocycles. The van der Waals surface area contributed by atoms with Gasteiger partial charge in [-0.2, -0.15) is 0 Å². The highest BCUT2D eigenvalue weighted by Gasteiger charge is 2.31. The third kappa shape index (κ3) is 4.14. The standard InChI is InChI=1S/C22H18B6ClN5O2/c23-14-15(24)17(26)19-18(16(14)25)31-20(35)33(19)8-5-22(27,28)32-6-3-11(4-7-32)34-13-2-1-10(29)9-12(13)30-21(34)36/h1-2,9,11H,3-8H2,(H,30,36)(H,31,35). The summed E-state index contributed by atoms with van der Waals surface area (Å²) in [6.45, 7) is 1.33. The van der Waals surface area contributed by atoms with Crippen molar-refractivity contribution in [2.24, 2.45) is 0 Å². The van der Waals surface area contributed by atoms with Gasteiger partial charge in [0.05, 0.1) is 37.8 Å². The van der Waals surface area contributed by atoms with Crippen LogP contribution in [0, 0.1) is 0 Å². The van der Waals surface area contributed by atoms with Crippen LogP contribution in [0.3, 0.4) is 0 Å². The lowest BCUT2D eigenvalue weighted by Gasteiger charge is -2.44. The van der Waals surface area contributed by atoms with E-state index in [1.54, 1.807) is 16.7 Å². The summed E-state index contributed by atoms with van der Waals surface area (Å²) < 4.78 is 3.20. The number of benzene rings is 2. The number of halogens is 1. The molecule has 0 bridgehead atoms. The molecule has 7 nitrogen and oxygen atoms in total. The topological polar surface area (TPSA) is 78.8 Å². The van der Waals surface area contributed by atoms with Gasteiger partial charge in [0.2, 0.25) is 0 Å². The number of piperidine rings is 1. The van der Waals surface area contributed by atoms with E-state index < -0.39 is 11.0 Å². The van der Waals surface area contributed by atoms with E-state index in [9.17, 15) is 9.59 Å². The van der Waals surface area contributed by atoms with Gasteiger partial charge in [0.25, 0.3) is 0 Å². The molecule has 0 aliphatic carbocycles. The fourth-order valence-corrected chi connectivity index (χ4v) is 5.34. The van der Waals surface area contributed by atoms with Gasteiger partial charge in [-0.3, -0.25) is 9.13 Å². The average Bonchev–Trinajstić information content (AvgIpc) is 3.35. The second kappa shape index (κ2) is 9.18. The maximum Gasteiger partial charge on any atom is 0.326 e. The minimum atomic E-state index is -1.20. The second-order valence-electron chi connectivity index (χ2n) is 9.38. The number of nitrogens with one attached hydrogen (secondary N) is 2. The van der Waals surface area contributed by atoms with Crippen molar-refractivity contribution in [3.05, 3.63) is 44.2 Å². The quantitative estimate of drug-likeness (QED) is 0.308. The third-order valence-electron chi connectivity index (χ3n) is 7.21. The molecule has 1 aliphatic rings. The molecule has 2 N–H and O–H groups in total. The molecule has 1 saturated heterocycles. The lowest BCUT2D eigenvalue weighted by molar-refractivity contribution is 0.143. The molecule has 14 heteroatoms. The van der Waals surface area contributed by atoms with Crippen LogP contribution in [0.1, 0.15) is 25.3 Å². The maximum absolute atomic E-state index is 12.7. The molecule has 1 fully saturated rings. The highest BCUT2D eigenvalue weighted by Crippen LogP contribution is 2.29. The van der Waals surface area contributed by atoms with Crippen LogP contribution >= 0.6 is 11.6 Å². The number of likely N-dealkylation sites (tertiary alicyclic amines) is 1. The Hall–Kier alpha value is -2.38. The van der Waals surface area contributed by atoms with Crippen molar-refractivity contribution < 1.29 is 0 Å². The normalized spacial score (nSPS) is 15.8. The molecule has 1 aliphatic heterocycles. The molecule has 36 heavy (non-hydrogen) atoms. The number of rotatable bonds is 5. The van der Waals surface area contributed by atoms with Crippen molar-refractivity contribution >= 4 is 103 Å². The number of H-pyrrole nitrogens is 2. The van der Waals surface area contributed by atoms with Crippen LogP contribution in [0.25, 0.3) is 22.1 Å². The van der Waals surface area contributed by atoms with E-state index in [0.29, 0.717) is 47.5 Å². The van der Waals surface area contributed by atoms with Crippen LogP contribution in [-0.4, -0.2) is 89.5 Å². The Kier molecular flexibility index (Phi) is 6.44. The maximum atomic E-state index is 12.7. The molecular formula is C22H18B6ClN5O2. The number of hydrogen-bond donors (Lipinski definition) is 2. The fraction of sp³-hybridized carbons (Fsp3) is 0.364. The van der Waals surface area contributed by atoms with Crippen molar-refractivity contribution in [2.75, 3.05) is 13.1 Å². The van der Waals surface area contributed by atoms with Crippen LogP contribution in [0.15, 0.2) is 27.8 Å². The third-order valence-corrected chi connectivity index (χ3v) is 7.45. The zero-order valence-electron chi connectivity index (χ0n) is 19.6. The predicted molar refractivity (Wildman–Crippen MR) is 150 cm³/mol. The molecule has 4 aromatic rings. The Morgan fingerprint density at radius 3 is 2.31 bits per heavy atom. The average molecular weight is 485 g/mol. The molecule has 5 rings (SSSR count). The molecule has 0 atom stereocenters. The summed E-state index contributed by atoms with van der Waals surface area (Å²) in [6.07, 6.45) is 1.61. The van der Waals surface area contributed by atoms with E-state index in [1.165, 1.54) is 4.57 Å². The fourth-order valence-electron chi connectivity index (χ4n) is 5.17. The van der Waals surface area contributed by atoms with Crippen LogP contribution in [0.2, 0.25) is 5.02 Å². The van der Waals surface area contributed by atoms with Crippen LogP contribution in [-0.2, 0) is 6.54 Å². The van der Waals surface area contributed by atoms with E-state index >= 15 is 0 Å². The monoisotopic (exact) mass is 485 g/mol. The number of hydrogen-bond acceptors (Lipinski definition) is 3. The van der Waals surface area contributed by atoms with Crippen molar-refractivity contribution in [2.45, 2.75) is 37.2 Å². The second-order valence-corrected chi connectivity index (χ2v) is 9.82. The summed E-state index contributed by atoms with van der Waals surface area (Å²) in [4.78, 5) is 32.8. The molecule has 12 radical (unpaired) electrons. The molecule has 2 aromatic heterocycles. The van der Waals surface area contributed by atoms with Gasteiger partial charge in [-0.1, -0.05) is 27.9 Å². The highest BCUT2D eigenvalue weighted by molar-refractivity contribution is 6.66. The number of nitrogens with zero attached hydrogens (tertiary/aromatic N) is 3. The van der Waals surface area contributed by atoms with Gasteiger partial charge in [0.15, 0.2) is 0 Å². The van der Waals surface area contributed by atoms with Crippen molar-refractivity contribution in [3.63, 3.8) is 0 Å². The summed E-state index contributed by atoms with van der Waals surface area (Å²) in [5, 5.41) is -0.640. The van der Waals surface area contributed by atoms with Crippen LogP contribution < -0.4 is 33.2 Å². The minimum Gasteiger partial charge on any atom is -0.314 e. The lowest BCUT2D eigenvalue weighted by atomic mass is 9.58. The Labute approximate surface area is 220 Å². The summed E-state index contributed by atoms with van der Waals surface area (Å²) in [5.74, 6) is 0. The molecule has 2 aromatic carbocycles. The van der Waals surface area contributed by atoms with E-state index in [1.807, 2.05) is 11.0 Å². The number of fused-ring (bicyclic) bond motifs is 2. The van der Waals surface area contributed by atoms with Crippen molar-refractivity contribution in [1.82, 2.24) is 24.0 Å². The largest absolute Gasteiger partial charge is 0.326 e. The van der Waals surface area contributed by atoms with Gasteiger partial charge in [0.1, 0.15) is 31.4 Å². The van der Waals surface area contributed by atoms with Crippen LogP contribution in [0.5, 0.6) is 0 Å². The van der Waals surface area contributed by atoms with Gasteiger partial charge < -0.3 is 14.9 Å². The number of aromatic amines is 2. The number of aromatic nitrogens is 4. The Bertz CT molecular complexity index is 1600. The Morgan fingerprint density at radius 1 is 0.944 bits per heavy atom. The molecule has 0 spiro atoms. The van der Waals surface area contributed by atoms with Gasteiger partial charge in [-0.15, -0.1) is 10.9 Å². The predicted octanol–water partition coefficient (Wildman–Crippen LogP) is -2.48. The van der Waals surface area contributed by atoms with Gasteiger partial charge in [-0.05, 0) is 50.6 Å². The van der Waals surface area contributed by atoms with Gasteiger partial charge in [0, 0.05) is 17.6 Å². The van der Waals surface area contributed by atoms with E-state index in [0.717, 1.165) is 5.52 Å². The summed E-state index contributed by atoms with van der Waals surface area (Å²) in [7, 11) is 37.1. The van der Waals surface area contributed by atoms with Crippen molar-refractivity contribution in [3.8, 4) is 0 Å². The van der Waals surface area contributed by atoms with Gasteiger partial charge in [-0.25, -0.2) is 9.59 Å². The first kappa shape index (κ1) is 25.3. The van der Waals surface area contributed by atoms with E-state index in [-0.39, 0.29) is 46.5 Å². The van der Waals surface area contributed by atoms with Crippen LogP contribution in [0.4, 0.5) is 0 Å². The zero-order chi connectivity index (χ0) is 25.9. The first-order valence-corrected chi connectivity index (χ1v) is 11.9. The Morgan fingerprint density at radius 2 is 1.61 bits per heavy atom. The van der Waals surface area contributed by atoms with E-state index in [2.05, 4.69) is 9.97 Å². The first-order chi connectivity index (χ1) is 17.0. The lowest BCUT2D eigenvalue weighted by Crippen LogP contribution is -2.54. The highest BCUT2D eigenvalue weighted by atomic mass is 35.5. The van der Waals surface area contributed by atoms with E-state index in [4.69, 9.17) is 58.7 Å². The SMILES string of the molecule is [B]c1c([B])c([B])c2c([nH]c(=O)n2CCC([B])([B])N2CCC(n3c(=O)[nH]c4cc(Cl)ccc43)CC2)c1[B]. The first-order valence-electron chi connectivity index (χ1n) is 11.6. The molecular weight excluding hydrogens is 467 g/mol. The summed E-state index contributed by atoms with van der Waals surface area (Å²) >= 11 is 6.06. The molecule has 3 heterocycles. The number of aryl methyl sites for hydroxylation is 1. The van der Waals surface area contributed by atoms with Crippen molar-refractivity contribution in [1.29, 1.82) is 0 Å². The molecule has 168 valence electrons. The summed E-state index contributed by atoms with van der Waals surface area (Å²) in [6, 6.07) is 5.34. The number of imidazole rings is 2. The summed E-state index contributed by atoms with van der Waals surface area (Å²) in [5.41, 5.74) is 2.20. The molecule has 0 amide bonds. The Balaban J connectivity index is 1.32. The van der Waals surface area contributed by atoms with Gasteiger partial charge >= 0.3 is 11.4 Å².